The van der Waals surface area contributed by atoms with Gasteiger partial charge in [-0.15, -0.1) is 0 Å². The van der Waals surface area contributed by atoms with Crippen molar-refractivity contribution in [2.45, 2.75) is 38.0 Å². The first kappa shape index (κ1) is 24.1. The van der Waals surface area contributed by atoms with E-state index in [0.717, 1.165) is 18.9 Å². The number of rotatable bonds is 9. The lowest BCUT2D eigenvalue weighted by atomic mass is 10.0. The van der Waals surface area contributed by atoms with E-state index in [1.165, 1.54) is 37.4 Å². The lowest BCUT2D eigenvalue weighted by molar-refractivity contribution is 0.0980. The van der Waals surface area contributed by atoms with Gasteiger partial charge in [0.15, 0.2) is 0 Å². The monoisotopic (exact) mass is 503 g/mol. The van der Waals surface area contributed by atoms with E-state index in [1.807, 2.05) is 13.8 Å². The SMILES string of the molecule is COc1ncccc1-c1cc(C(=O)NSC2CC2)c(F)cc1Oc1cnc(OC(C)C)c(Cl)c1. The van der Waals surface area contributed by atoms with Gasteiger partial charge >= 0.3 is 0 Å². The highest BCUT2D eigenvalue weighted by Crippen LogP contribution is 2.40. The molecule has 1 fully saturated rings. The van der Waals surface area contributed by atoms with Gasteiger partial charge in [0, 0.05) is 34.7 Å². The fourth-order valence-electron chi connectivity index (χ4n) is 3.06. The molecule has 34 heavy (non-hydrogen) atoms. The number of aromatic nitrogens is 2. The fourth-order valence-corrected chi connectivity index (χ4v) is 4.02. The van der Waals surface area contributed by atoms with Crippen molar-refractivity contribution in [3.63, 3.8) is 0 Å². The van der Waals surface area contributed by atoms with Gasteiger partial charge in [-0.05, 0) is 56.8 Å². The van der Waals surface area contributed by atoms with Crippen LogP contribution in [0.5, 0.6) is 23.3 Å². The second kappa shape index (κ2) is 10.5. The number of ether oxygens (including phenoxy) is 3. The maximum Gasteiger partial charge on any atom is 0.264 e. The first-order valence-corrected chi connectivity index (χ1v) is 11.9. The Morgan fingerprint density at radius 2 is 2.00 bits per heavy atom. The van der Waals surface area contributed by atoms with Crippen LogP contribution in [0.1, 0.15) is 37.0 Å². The predicted molar refractivity (Wildman–Crippen MR) is 129 cm³/mol. The van der Waals surface area contributed by atoms with Crippen LogP contribution in [-0.4, -0.2) is 34.3 Å². The predicted octanol–water partition coefficient (Wildman–Crippen LogP) is 6.06. The number of methoxy groups -OCH3 is 1. The fraction of sp³-hybridized carbons (Fsp3) is 0.292. The van der Waals surface area contributed by atoms with E-state index < -0.39 is 11.7 Å². The van der Waals surface area contributed by atoms with Crippen molar-refractivity contribution in [2.75, 3.05) is 7.11 Å². The second-order valence-electron chi connectivity index (χ2n) is 7.86. The molecule has 1 aliphatic rings. The molecule has 0 radical (unpaired) electrons. The molecule has 1 N–H and O–H groups in total. The summed E-state index contributed by atoms with van der Waals surface area (Å²) in [5.74, 6) is -0.269. The van der Waals surface area contributed by atoms with Crippen molar-refractivity contribution in [1.82, 2.24) is 14.7 Å². The van der Waals surface area contributed by atoms with Crippen LogP contribution < -0.4 is 18.9 Å². The van der Waals surface area contributed by atoms with Gasteiger partial charge in [-0.1, -0.05) is 11.6 Å². The molecule has 0 spiro atoms. The Labute approximate surface area is 206 Å². The van der Waals surface area contributed by atoms with E-state index in [2.05, 4.69) is 14.7 Å². The summed E-state index contributed by atoms with van der Waals surface area (Å²) in [5, 5.41) is 0.632. The van der Waals surface area contributed by atoms with Gasteiger partial charge in [0.25, 0.3) is 5.91 Å². The molecule has 10 heteroatoms. The van der Waals surface area contributed by atoms with Crippen molar-refractivity contribution in [1.29, 1.82) is 0 Å². The average molecular weight is 504 g/mol. The van der Waals surface area contributed by atoms with Crippen LogP contribution in [0.4, 0.5) is 4.39 Å². The number of pyridine rings is 2. The molecule has 1 aromatic carbocycles. The molecule has 1 aliphatic carbocycles. The van der Waals surface area contributed by atoms with Crippen molar-refractivity contribution in [3.8, 4) is 34.4 Å². The summed E-state index contributed by atoms with van der Waals surface area (Å²) in [4.78, 5) is 21.1. The molecule has 0 saturated heterocycles. The molecule has 0 unspecified atom stereocenters. The molecule has 0 bridgehead atoms. The third-order valence-corrected chi connectivity index (χ3v) is 6.15. The van der Waals surface area contributed by atoms with E-state index >= 15 is 4.39 Å². The van der Waals surface area contributed by atoms with Gasteiger partial charge in [0.05, 0.1) is 25.0 Å². The third kappa shape index (κ3) is 5.71. The number of nitrogens with zero attached hydrogens (tertiary/aromatic N) is 2. The Morgan fingerprint density at radius 3 is 2.68 bits per heavy atom. The summed E-state index contributed by atoms with van der Waals surface area (Å²) in [6.45, 7) is 3.72. The summed E-state index contributed by atoms with van der Waals surface area (Å²) in [7, 11) is 1.48. The minimum Gasteiger partial charge on any atom is -0.481 e. The van der Waals surface area contributed by atoms with Gasteiger partial charge in [0.2, 0.25) is 11.8 Å². The zero-order valence-electron chi connectivity index (χ0n) is 18.8. The lowest BCUT2D eigenvalue weighted by Crippen LogP contribution is -2.18. The molecule has 178 valence electrons. The first-order valence-electron chi connectivity index (χ1n) is 10.6. The number of hydrogen-bond acceptors (Lipinski definition) is 7. The molecule has 1 saturated carbocycles. The number of benzene rings is 1. The Balaban J connectivity index is 1.72. The topological polar surface area (TPSA) is 82.6 Å². The van der Waals surface area contributed by atoms with Gasteiger partial charge < -0.3 is 14.2 Å². The van der Waals surface area contributed by atoms with Crippen LogP contribution in [0.3, 0.4) is 0 Å². The minimum atomic E-state index is -0.727. The van der Waals surface area contributed by atoms with Gasteiger partial charge in [-0.25, -0.2) is 14.4 Å². The number of amides is 1. The Morgan fingerprint density at radius 1 is 1.21 bits per heavy atom. The summed E-state index contributed by atoms with van der Waals surface area (Å²) in [5.41, 5.74) is 0.840. The number of hydrogen-bond donors (Lipinski definition) is 1. The van der Waals surface area contributed by atoms with Crippen LogP contribution in [-0.2, 0) is 0 Å². The van der Waals surface area contributed by atoms with Gasteiger partial charge in [0.1, 0.15) is 22.3 Å². The minimum absolute atomic E-state index is 0.104. The summed E-state index contributed by atoms with van der Waals surface area (Å²) < 4.78 is 34.7. The second-order valence-corrected chi connectivity index (χ2v) is 9.38. The van der Waals surface area contributed by atoms with Crippen LogP contribution in [0.25, 0.3) is 11.1 Å². The Bertz CT molecular complexity index is 1210. The van der Waals surface area contributed by atoms with E-state index in [9.17, 15) is 4.79 Å². The number of carbonyl (C=O) groups is 1. The van der Waals surface area contributed by atoms with E-state index in [1.54, 1.807) is 18.3 Å². The van der Waals surface area contributed by atoms with Crippen molar-refractivity contribution >= 4 is 29.5 Å². The van der Waals surface area contributed by atoms with Gasteiger partial charge in [-0.3, -0.25) is 9.52 Å². The smallest absolute Gasteiger partial charge is 0.264 e. The Kier molecular flexibility index (Phi) is 7.43. The summed E-state index contributed by atoms with van der Waals surface area (Å²) in [6, 6.07) is 7.58. The molecule has 4 rings (SSSR count). The molecule has 2 heterocycles. The van der Waals surface area contributed by atoms with Gasteiger partial charge in [-0.2, -0.15) is 0 Å². The summed E-state index contributed by atoms with van der Waals surface area (Å²) in [6.07, 6.45) is 4.97. The van der Waals surface area contributed by atoms with Crippen LogP contribution in [0, 0.1) is 5.82 Å². The number of halogens is 2. The van der Waals surface area contributed by atoms with E-state index in [0.29, 0.717) is 22.3 Å². The maximum atomic E-state index is 15.0. The van der Waals surface area contributed by atoms with E-state index in [4.69, 9.17) is 25.8 Å². The van der Waals surface area contributed by atoms with Crippen LogP contribution >= 0.6 is 23.5 Å². The van der Waals surface area contributed by atoms with Crippen LogP contribution in [0.2, 0.25) is 5.02 Å². The highest BCUT2D eigenvalue weighted by molar-refractivity contribution is 7.98. The zero-order chi connectivity index (χ0) is 24.2. The zero-order valence-corrected chi connectivity index (χ0v) is 20.4. The molecule has 2 aromatic heterocycles. The third-order valence-electron chi connectivity index (χ3n) is 4.77. The van der Waals surface area contributed by atoms with E-state index in [-0.39, 0.29) is 34.1 Å². The summed E-state index contributed by atoms with van der Waals surface area (Å²) >= 11 is 7.59. The molecule has 7 nitrogen and oxygen atoms in total. The average Bonchev–Trinajstić information content (AvgIpc) is 3.64. The van der Waals surface area contributed by atoms with Crippen LogP contribution in [0.15, 0.2) is 42.7 Å². The van der Waals surface area contributed by atoms with Crippen molar-refractivity contribution in [3.05, 3.63) is 59.1 Å². The number of nitrogens with one attached hydrogen (secondary N) is 1. The maximum absolute atomic E-state index is 15.0. The molecule has 3 aromatic rings. The molecular formula is C24H23ClFN3O4S. The highest BCUT2D eigenvalue weighted by Gasteiger charge is 2.25. The molecule has 0 aliphatic heterocycles. The number of carbonyl (C=O) groups excluding carboxylic acids is 1. The molecule has 1 amide bonds. The Hall–Kier alpha value is -3.04. The largest absolute Gasteiger partial charge is 0.481 e. The van der Waals surface area contributed by atoms with Crippen molar-refractivity contribution < 1.29 is 23.4 Å². The molecule has 0 atom stereocenters. The van der Waals surface area contributed by atoms with Crippen molar-refractivity contribution in [2.24, 2.45) is 0 Å². The highest BCUT2D eigenvalue weighted by atomic mass is 35.5. The molecular weight excluding hydrogens is 481 g/mol. The first-order chi connectivity index (χ1) is 16.4. The normalized spacial score (nSPS) is 13.0. The quantitative estimate of drug-likeness (QED) is 0.355. The standard InChI is InChI=1S/C24H23ClFN3O4S/c1-13(2)32-24-19(25)9-14(12-28-24)33-21-11-20(26)18(22(30)29-34-15-6-7-15)10-17(21)16-5-4-8-27-23(16)31-3/h4-5,8-13,15H,6-7H2,1-3H3,(H,29,30). The lowest BCUT2D eigenvalue weighted by Gasteiger charge is -2.16.